The Hall–Kier alpha value is -4.39. The number of aromatic nitrogens is 3. The zero-order valence-corrected chi connectivity index (χ0v) is 22.6. The number of benzene rings is 1. The van der Waals surface area contributed by atoms with Gasteiger partial charge in [0.25, 0.3) is 0 Å². The summed E-state index contributed by atoms with van der Waals surface area (Å²) in [6, 6.07) is 14.5. The maximum atomic E-state index is 13.0. The number of rotatable bonds is 7. The number of alkyl carbamates (subject to hydrolysis) is 1. The molecule has 4 rings (SSSR count). The quantitative estimate of drug-likeness (QED) is 0.379. The van der Waals surface area contributed by atoms with Crippen LogP contribution >= 0.6 is 0 Å². The van der Waals surface area contributed by atoms with Crippen molar-refractivity contribution in [1.29, 1.82) is 5.26 Å². The van der Waals surface area contributed by atoms with Crippen LogP contribution in [0.1, 0.15) is 75.5 Å². The van der Waals surface area contributed by atoms with Crippen molar-refractivity contribution in [3.05, 3.63) is 59.9 Å². The molecule has 1 aliphatic carbocycles. The van der Waals surface area contributed by atoms with E-state index in [9.17, 15) is 14.9 Å². The van der Waals surface area contributed by atoms with Gasteiger partial charge in [0.1, 0.15) is 28.7 Å². The van der Waals surface area contributed by atoms with Gasteiger partial charge >= 0.3 is 12.1 Å². The lowest BCUT2D eigenvalue weighted by molar-refractivity contribution is 0.0487. The topological polar surface area (TPSA) is 128 Å². The Morgan fingerprint density at radius 1 is 1.10 bits per heavy atom. The largest absolute Gasteiger partial charge is 0.461 e. The van der Waals surface area contributed by atoms with Crippen molar-refractivity contribution in [1.82, 2.24) is 20.1 Å². The van der Waals surface area contributed by atoms with Crippen molar-refractivity contribution >= 4 is 12.1 Å². The number of carbonyl (C=O) groups is 2. The molecule has 0 unspecified atom stereocenters. The molecule has 2 aromatic heterocycles. The van der Waals surface area contributed by atoms with E-state index in [2.05, 4.69) is 16.4 Å². The lowest BCUT2D eigenvalue weighted by Gasteiger charge is -2.30. The summed E-state index contributed by atoms with van der Waals surface area (Å²) in [6.07, 6.45) is 3.90. The Labute approximate surface area is 227 Å². The van der Waals surface area contributed by atoms with Crippen LogP contribution in [0.15, 0.2) is 48.7 Å². The van der Waals surface area contributed by atoms with Gasteiger partial charge in [0.05, 0.1) is 12.6 Å². The number of amides is 1. The third kappa shape index (κ3) is 6.93. The summed E-state index contributed by atoms with van der Waals surface area (Å²) in [7, 11) is 0. The number of carbonyl (C=O) groups excluding carboxylic acids is 2. The van der Waals surface area contributed by atoms with Crippen LogP contribution in [-0.2, 0) is 9.47 Å². The summed E-state index contributed by atoms with van der Waals surface area (Å²) in [5, 5.41) is 17.8. The van der Waals surface area contributed by atoms with Gasteiger partial charge in [-0.2, -0.15) is 10.4 Å². The van der Waals surface area contributed by atoms with Crippen LogP contribution in [0.4, 0.5) is 4.79 Å². The molecule has 2 heterocycles. The highest BCUT2D eigenvalue weighted by Gasteiger charge is 2.32. The zero-order valence-electron chi connectivity index (χ0n) is 22.6. The number of nitrogens with zero attached hydrogens (tertiary/aromatic N) is 4. The second-order valence-corrected chi connectivity index (χ2v) is 10.3. The SMILES string of the molecule is CCOC(=O)c1c(C#N)c(-c2ccc(Oc3ccccn3)cc2)nn1[C@H]1CC[C@@H](NC(=O)OC(C)(C)C)CC1. The summed E-state index contributed by atoms with van der Waals surface area (Å²) < 4.78 is 18.1. The van der Waals surface area contributed by atoms with E-state index in [4.69, 9.17) is 19.3 Å². The molecule has 3 aromatic rings. The first-order chi connectivity index (χ1) is 18.7. The Kier molecular flexibility index (Phi) is 8.49. The predicted molar refractivity (Wildman–Crippen MR) is 143 cm³/mol. The highest BCUT2D eigenvalue weighted by Crippen LogP contribution is 2.35. The van der Waals surface area contributed by atoms with Crippen molar-refractivity contribution in [2.24, 2.45) is 0 Å². The maximum absolute atomic E-state index is 13.0. The highest BCUT2D eigenvalue weighted by molar-refractivity contribution is 5.93. The van der Waals surface area contributed by atoms with Crippen LogP contribution < -0.4 is 10.1 Å². The summed E-state index contributed by atoms with van der Waals surface area (Å²) in [6.45, 7) is 7.37. The Morgan fingerprint density at radius 3 is 2.41 bits per heavy atom. The van der Waals surface area contributed by atoms with Crippen molar-refractivity contribution in [3.8, 4) is 29.0 Å². The molecule has 0 radical (unpaired) electrons. The first-order valence-corrected chi connectivity index (χ1v) is 13.1. The number of ether oxygens (including phenoxy) is 3. The van der Waals surface area contributed by atoms with Gasteiger partial charge in [-0.15, -0.1) is 0 Å². The number of hydrogen-bond acceptors (Lipinski definition) is 8. The first kappa shape index (κ1) is 27.6. The van der Waals surface area contributed by atoms with Gasteiger partial charge in [0, 0.05) is 23.9 Å². The fraction of sp³-hybridized carbons (Fsp3) is 0.414. The van der Waals surface area contributed by atoms with Gasteiger partial charge in [0.2, 0.25) is 5.88 Å². The molecule has 0 atom stereocenters. The molecule has 1 saturated carbocycles. The van der Waals surface area contributed by atoms with E-state index in [1.807, 2.05) is 26.8 Å². The molecule has 1 fully saturated rings. The van der Waals surface area contributed by atoms with Gasteiger partial charge in [0.15, 0.2) is 5.69 Å². The van der Waals surface area contributed by atoms with E-state index in [0.29, 0.717) is 48.6 Å². The van der Waals surface area contributed by atoms with Crippen molar-refractivity contribution in [3.63, 3.8) is 0 Å². The third-order valence-electron chi connectivity index (χ3n) is 6.24. The van der Waals surface area contributed by atoms with Gasteiger partial charge < -0.3 is 19.5 Å². The lowest BCUT2D eigenvalue weighted by atomic mass is 9.91. The summed E-state index contributed by atoms with van der Waals surface area (Å²) in [5.41, 5.74) is 0.814. The molecule has 0 saturated heterocycles. The molecule has 39 heavy (non-hydrogen) atoms. The number of nitriles is 1. The molecule has 10 heteroatoms. The van der Waals surface area contributed by atoms with Crippen LogP contribution in [0.5, 0.6) is 11.6 Å². The van der Waals surface area contributed by atoms with Crippen LogP contribution in [0.25, 0.3) is 11.3 Å². The van der Waals surface area contributed by atoms with E-state index in [0.717, 1.165) is 0 Å². The van der Waals surface area contributed by atoms with Crippen molar-refractivity contribution in [2.45, 2.75) is 71.1 Å². The van der Waals surface area contributed by atoms with Crippen LogP contribution in [0.2, 0.25) is 0 Å². The minimum Gasteiger partial charge on any atom is -0.461 e. The third-order valence-corrected chi connectivity index (χ3v) is 6.24. The molecule has 1 aliphatic rings. The maximum Gasteiger partial charge on any atom is 0.407 e. The Bertz CT molecular complexity index is 1330. The van der Waals surface area contributed by atoms with Crippen molar-refractivity contribution < 1.29 is 23.8 Å². The Balaban J connectivity index is 1.56. The van der Waals surface area contributed by atoms with E-state index in [1.54, 1.807) is 54.2 Å². The monoisotopic (exact) mass is 531 g/mol. The predicted octanol–water partition coefficient (Wildman–Crippen LogP) is 5.79. The molecule has 1 N–H and O–H groups in total. The minimum absolute atomic E-state index is 0.0424. The molecule has 10 nitrogen and oxygen atoms in total. The van der Waals surface area contributed by atoms with Gasteiger partial charge in [-0.3, -0.25) is 4.68 Å². The van der Waals surface area contributed by atoms with Gasteiger partial charge in [-0.1, -0.05) is 6.07 Å². The van der Waals surface area contributed by atoms with Crippen molar-refractivity contribution in [2.75, 3.05) is 6.61 Å². The van der Waals surface area contributed by atoms with E-state index >= 15 is 0 Å². The van der Waals surface area contributed by atoms with Crippen LogP contribution in [0, 0.1) is 11.3 Å². The molecule has 204 valence electrons. The van der Waals surface area contributed by atoms with E-state index in [1.165, 1.54) is 0 Å². The number of nitrogens with one attached hydrogen (secondary N) is 1. The highest BCUT2D eigenvalue weighted by atomic mass is 16.6. The van der Waals surface area contributed by atoms with Crippen LogP contribution in [0.3, 0.4) is 0 Å². The molecule has 1 amide bonds. The summed E-state index contributed by atoms with van der Waals surface area (Å²) in [5.74, 6) is 0.460. The van der Waals surface area contributed by atoms with Gasteiger partial charge in [-0.05, 0) is 83.7 Å². The molecule has 0 bridgehead atoms. The fourth-order valence-corrected chi connectivity index (χ4v) is 4.55. The second-order valence-electron chi connectivity index (χ2n) is 10.3. The molecule has 1 aromatic carbocycles. The number of esters is 1. The lowest BCUT2D eigenvalue weighted by Crippen LogP contribution is -2.41. The second kappa shape index (κ2) is 12.0. The van der Waals surface area contributed by atoms with Gasteiger partial charge in [-0.25, -0.2) is 14.6 Å². The molecular formula is C29H33N5O5. The minimum atomic E-state index is -0.586. The first-order valence-electron chi connectivity index (χ1n) is 13.1. The van der Waals surface area contributed by atoms with E-state index < -0.39 is 17.7 Å². The normalized spacial score (nSPS) is 17.1. The average Bonchev–Trinajstić information content (AvgIpc) is 3.29. The number of pyridine rings is 1. The molecule has 0 aliphatic heterocycles. The smallest absolute Gasteiger partial charge is 0.407 e. The summed E-state index contributed by atoms with van der Waals surface area (Å²) in [4.78, 5) is 29.4. The molecule has 0 spiro atoms. The van der Waals surface area contributed by atoms with E-state index in [-0.39, 0.29) is 29.9 Å². The standard InChI is InChI=1S/C29H33N5O5/c1-5-37-27(35)26-23(18-30)25(19-9-15-22(16-10-19)38-24-8-6-7-17-31-24)33-34(26)21-13-11-20(12-14-21)32-28(36)39-29(2,3)4/h6-10,15-17,20-21H,5,11-14H2,1-4H3,(H,32,36)/t20-,21+. The number of hydrogen-bond donors (Lipinski definition) is 1. The fourth-order valence-electron chi connectivity index (χ4n) is 4.55. The average molecular weight is 532 g/mol. The molecular weight excluding hydrogens is 498 g/mol. The zero-order chi connectivity index (χ0) is 28.0. The summed E-state index contributed by atoms with van der Waals surface area (Å²) >= 11 is 0. The Morgan fingerprint density at radius 2 is 1.82 bits per heavy atom. The van der Waals surface area contributed by atoms with Crippen LogP contribution in [-0.4, -0.2) is 45.1 Å².